The van der Waals surface area contributed by atoms with Gasteiger partial charge in [0.25, 0.3) is 0 Å². The van der Waals surface area contributed by atoms with Crippen LogP contribution in [0.15, 0.2) is 24.3 Å². The zero-order valence-electron chi connectivity index (χ0n) is 8.93. The summed E-state index contributed by atoms with van der Waals surface area (Å²) in [6, 6.07) is 6.75. The van der Waals surface area contributed by atoms with Crippen molar-refractivity contribution in [1.29, 1.82) is 0 Å². The van der Waals surface area contributed by atoms with Gasteiger partial charge in [-0.2, -0.15) is 11.8 Å². The molecule has 0 atom stereocenters. The van der Waals surface area contributed by atoms with Gasteiger partial charge in [-0.15, -0.1) is 0 Å². The number of phenolic OH excluding ortho intramolecular Hbond substituents is 1. The number of nitrogens with zero attached hydrogens (tertiary/aromatic N) is 1. The van der Waals surface area contributed by atoms with Crippen LogP contribution in [0.2, 0.25) is 0 Å². The Bertz CT molecular complexity index is 341. The van der Waals surface area contributed by atoms with Crippen LogP contribution in [0.1, 0.15) is 6.92 Å². The van der Waals surface area contributed by atoms with Crippen LogP contribution in [-0.4, -0.2) is 29.6 Å². The summed E-state index contributed by atoms with van der Waals surface area (Å²) in [5, 5.41) is 9.33. The number of carbonyl (C=O) groups excluding carboxylic acids is 1. The molecule has 1 aromatic carbocycles. The molecule has 1 aromatic rings. The number of rotatable bonds is 4. The van der Waals surface area contributed by atoms with Crippen LogP contribution in [-0.2, 0) is 4.79 Å². The summed E-state index contributed by atoms with van der Waals surface area (Å²) in [5.41, 5.74) is 0.747. The lowest BCUT2D eigenvalue weighted by atomic mass is 10.2. The minimum absolute atomic E-state index is 0.0654. The fraction of sp³-hybridized carbons (Fsp3) is 0.364. The molecule has 0 aliphatic rings. The highest BCUT2D eigenvalue weighted by molar-refractivity contribution is 7.99. The van der Waals surface area contributed by atoms with Gasteiger partial charge in [0.1, 0.15) is 5.75 Å². The first-order valence-corrected chi connectivity index (χ1v) is 6.16. The van der Waals surface area contributed by atoms with Crippen molar-refractivity contribution in [2.24, 2.45) is 0 Å². The molecule has 1 rings (SSSR count). The molecule has 0 heterocycles. The second-order valence-corrected chi connectivity index (χ2v) is 3.96. The Labute approximate surface area is 94.1 Å². The van der Waals surface area contributed by atoms with E-state index in [4.69, 9.17) is 0 Å². The van der Waals surface area contributed by atoms with Crippen LogP contribution in [0.5, 0.6) is 5.75 Å². The van der Waals surface area contributed by atoms with Crippen LogP contribution in [0, 0.1) is 0 Å². The number of hydrogen-bond acceptors (Lipinski definition) is 3. The standard InChI is InChI=1S/C11H15NO2S/c1-3-12(11(14)8-15-2)9-5-4-6-10(13)7-9/h4-7,13H,3,8H2,1-2H3. The van der Waals surface area contributed by atoms with E-state index >= 15 is 0 Å². The average molecular weight is 225 g/mol. The first-order chi connectivity index (χ1) is 7.19. The van der Waals surface area contributed by atoms with Gasteiger partial charge < -0.3 is 10.0 Å². The maximum absolute atomic E-state index is 11.7. The first kappa shape index (κ1) is 11.9. The number of phenols is 1. The third-order valence-corrected chi connectivity index (χ3v) is 2.56. The third-order valence-electron chi connectivity index (χ3n) is 2.03. The molecule has 0 aliphatic heterocycles. The van der Waals surface area contributed by atoms with Gasteiger partial charge in [-0.3, -0.25) is 4.79 Å². The summed E-state index contributed by atoms with van der Waals surface area (Å²) in [6.07, 6.45) is 1.90. The van der Waals surface area contributed by atoms with Gasteiger partial charge in [0, 0.05) is 18.3 Å². The summed E-state index contributed by atoms with van der Waals surface area (Å²) >= 11 is 1.50. The molecular weight excluding hydrogens is 210 g/mol. The van der Waals surface area contributed by atoms with Gasteiger partial charge in [-0.1, -0.05) is 6.07 Å². The fourth-order valence-electron chi connectivity index (χ4n) is 1.37. The molecular formula is C11H15NO2S. The second-order valence-electron chi connectivity index (χ2n) is 3.09. The van der Waals surface area contributed by atoms with Crippen molar-refractivity contribution in [2.45, 2.75) is 6.92 Å². The van der Waals surface area contributed by atoms with E-state index < -0.39 is 0 Å². The molecule has 0 unspecified atom stereocenters. The molecule has 0 bridgehead atoms. The Kier molecular flexibility index (Phi) is 4.49. The SMILES string of the molecule is CCN(C(=O)CSC)c1cccc(O)c1. The molecule has 1 N–H and O–H groups in total. The number of carbonyl (C=O) groups is 1. The van der Waals surface area contributed by atoms with Crippen molar-refractivity contribution in [3.63, 3.8) is 0 Å². The van der Waals surface area contributed by atoms with Gasteiger partial charge in [0.15, 0.2) is 0 Å². The molecule has 1 amide bonds. The van der Waals surface area contributed by atoms with Crippen molar-refractivity contribution in [1.82, 2.24) is 0 Å². The van der Waals surface area contributed by atoms with E-state index in [0.717, 1.165) is 5.69 Å². The number of thioether (sulfide) groups is 1. The van der Waals surface area contributed by atoms with Crippen LogP contribution in [0.25, 0.3) is 0 Å². The lowest BCUT2D eigenvalue weighted by Crippen LogP contribution is -2.31. The minimum atomic E-state index is 0.0654. The molecule has 3 nitrogen and oxygen atoms in total. The lowest BCUT2D eigenvalue weighted by Gasteiger charge is -2.20. The number of anilines is 1. The largest absolute Gasteiger partial charge is 0.508 e. The molecule has 4 heteroatoms. The highest BCUT2D eigenvalue weighted by Gasteiger charge is 2.12. The molecule has 0 aliphatic carbocycles. The number of benzene rings is 1. The van der Waals surface area contributed by atoms with E-state index in [1.807, 2.05) is 19.2 Å². The van der Waals surface area contributed by atoms with E-state index in [0.29, 0.717) is 12.3 Å². The molecule has 0 fully saturated rings. The molecule has 0 aromatic heterocycles. The molecule has 0 saturated heterocycles. The van der Waals surface area contributed by atoms with E-state index in [2.05, 4.69) is 0 Å². The van der Waals surface area contributed by atoms with E-state index in [9.17, 15) is 9.90 Å². The molecule has 82 valence electrons. The Morgan fingerprint density at radius 3 is 2.80 bits per heavy atom. The third kappa shape index (κ3) is 3.16. The van der Waals surface area contributed by atoms with Gasteiger partial charge in [-0.25, -0.2) is 0 Å². The summed E-state index contributed by atoms with van der Waals surface area (Å²) in [4.78, 5) is 13.4. The van der Waals surface area contributed by atoms with Crippen LogP contribution < -0.4 is 4.90 Å². The predicted octanol–water partition coefficient (Wildman–Crippen LogP) is 2.11. The Balaban J connectivity index is 2.87. The molecule has 0 spiro atoms. The summed E-state index contributed by atoms with van der Waals surface area (Å²) in [7, 11) is 0. The van der Waals surface area contributed by atoms with Crippen molar-refractivity contribution in [3.05, 3.63) is 24.3 Å². The van der Waals surface area contributed by atoms with Crippen LogP contribution in [0.3, 0.4) is 0 Å². The van der Waals surface area contributed by atoms with Gasteiger partial charge >= 0.3 is 0 Å². The van der Waals surface area contributed by atoms with Crippen molar-refractivity contribution in [3.8, 4) is 5.75 Å². The number of amides is 1. The Morgan fingerprint density at radius 1 is 1.53 bits per heavy atom. The number of aromatic hydroxyl groups is 1. The fourth-order valence-corrected chi connectivity index (χ4v) is 1.77. The molecule has 15 heavy (non-hydrogen) atoms. The Morgan fingerprint density at radius 2 is 2.27 bits per heavy atom. The topological polar surface area (TPSA) is 40.5 Å². The maximum Gasteiger partial charge on any atom is 0.236 e. The van der Waals surface area contributed by atoms with E-state index in [1.165, 1.54) is 11.8 Å². The highest BCUT2D eigenvalue weighted by Crippen LogP contribution is 2.20. The Hall–Kier alpha value is -1.16. The van der Waals surface area contributed by atoms with Gasteiger partial charge in [0.05, 0.1) is 5.75 Å². The monoisotopic (exact) mass is 225 g/mol. The summed E-state index contributed by atoms with van der Waals surface area (Å²) in [6.45, 7) is 2.53. The zero-order chi connectivity index (χ0) is 11.3. The number of hydrogen-bond donors (Lipinski definition) is 1. The maximum atomic E-state index is 11.7. The summed E-state index contributed by atoms with van der Waals surface area (Å²) in [5.74, 6) is 0.710. The minimum Gasteiger partial charge on any atom is -0.508 e. The van der Waals surface area contributed by atoms with Gasteiger partial charge in [-0.05, 0) is 25.3 Å². The predicted molar refractivity (Wildman–Crippen MR) is 64.5 cm³/mol. The lowest BCUT2D eigenvalue weighted by molar-refractivity contribution is -0.116. The normalized spacial score (nSPS) is 10.0. The highest BCUT2D eigenvalue weighted by atomic mass is 32.2. The van der Waals surface area contributed by atoms with Crippen LogP contribution in [0.4, 0.5) is 5.69 Å². The van der Waals surface area contributed by atoms with Crippen molar-refractivity contribution in [2.75, 3.05) is 23.5 Å². The first-order valence-electron chi connectivity index (χ1n) is 4.77. The zero-order valence-corrected chi connectivity index (χ0v) is 9.75. The van der Waals surface area contributed by atoms with E-state index in [-0.39, 0.29) is 11.7 Å². The van der Waals surface area contributed by atoms with E-state index in [1.54, 1.807) is 23.1 Å². The molecule has 0 saturated carbocycles. The van der Waals surface area contributed by atoms with Crippen molar-refractivity contribution < 1.29 is 9.90 Å². The van der Waals surface area contributed by atoms with Crippen molar-refractivity contribution >= 4 is 23.4 Å². The quantitative estimate of drug-likeness (QED) is 0.853. The summed E-state index contributed by atoms with van der Waals surface area (Å²) < 4.78 is 0. The second kappa shape index (κ2) is 5.66. The smallest absolute Gasteiger partial charge is 0.236 e. The van der Waals surface area contributed by atoms with Gasteiger partial charge in [0.2, 0.25) is 5.91 Å². The average Bonchev–Trinajstić information content (AvgIpc) is 2.19. The molecule has 0 radical (unpaired) electrons. The van der Waals surface area contributed by atoms with Crippen LogP contribution >= 0.6 is 11.8 Å².